The summed E-state index contributed by atoms with van der Waals surface area (Å²) in [4.78, 5) is 24.5. The van der Waals surface area contributed by atoms with Crippen LogP contribution in [0.2, 0.25) is 0 Å². The standard InChI is InChI=1S/C14H21N5O2S/c1-5-15-13-17-11-10(6-7-16-11)12(18-13)19-14(20)21-8-22(19,4)9(2)3/h6-7,9H,5,8H2,1-4H3,(H2,15,16,17,18). The second-order valence-electron chi connectivity index (χ2n) is 5.62. The highest BCUT2D eigenvalue weighted by Crippen LogP contribution is 2.58. The van der Waals surface area contributed by atoms with Crippen LogP contribution in [-0.4, -0.2) is 45.0 Å². The largest absolute Gasteiger partial charge is 0.437 e. The number of anilines is 2. The van der Waals surface area contributed by atoms with Crippen LogP contribution in [0.4, 0.5) is 16.6 Å². The summed E-state index contributed by atoms with van der Waals surface area (Å²) in [5, 5.41) is 4.26. The molecule has 22 heavy (non-hydrogen) atoms. The molecule has 1 aliphatic heterocycles. The zero-order valence-electron chi connectivity index (χ0n) is 13.2. The van der Waals surface area contributed by atoms with Crippen LogP contribution in [0, 0.1) is 0 Å². The Labute approximate surface area is 130 Å². The van der Waals surface area contributed by atoms with E-state index in [-0.39, 0.29) is 6.09 Å². The molecule has 0 aromatic carbocycles. The number of cyclic esters (lactones) is 1. The van der Waals surface area contributed by atoms with Crippen LogP contribution in [0.25, 0.3) is 11.0 Å². The van der Waals surface area contributed by atoms with E-state index < -0.39 is 10.2 Å². The molecule has 8 heteroatoms. The van der Waals surface area contributed by atoms with Crippen LogP contribution < -0.4 is 9.62 Å². The fourth-order valence-electron chi connectivity index (χ4n) is 2.40. The number of amides is 1. The third-order valence-electron chi connectivity index (χ3n) is 3.94. The van der Waals surface area contributed by atoms with Gasteiger partial charge in [0.25, 0.3) is 0 Å². The first-order valence-electron chi connectivity index (χ1n) is 7.28. The summed E-state index contributed by atoms with van der Waals surface area (Å²) in [5.74, 6) is 1.57. The maximum Gasteiger partial charge on any atom is 0.425 e. The summed E-state index contributed by atoms with van der Waals surface area (Å²) in [6, 6.07) is 1.90. The van der Waals surface area contributed by atoms with E-state index in [9.17, 15) is 4.79 Å². The molecule has 3 heterocycles. The van der Waals surface area contributed by atoms with Gasteiger partial charge in [0.05, 0.1) is 5.39 Å². The van der Waals surface area contributed by atoms with E-state index in [1.54, 1.807) is 4.31 Å². The minimum Gasteiger partial charge on any atom is -0.437 e. The predicted molar refractivity (Wildman–Crippen MR) is 90.5 cm³/mol. The van der Waals surface area contributed by atoms with Crippen LogP contribution in [0.3, 0.4) is 0 Å². The first-order chi connectivity index (χ1) is 10.5. The molecule has 0 saturated carbocycles. The Morgan fingerprint density at radius 2 is 2.27 bits per heavy atom. The van der Waals surface area contributed by atoms with Crippen molar-refractivity contribution in [2.45, 2.75) is 26.0 Å². The van der Waals surface area contributed by atoms with Crippen molar-refractivity contribution >= 4 is 39.1 Å². The SMILES string of the molecule is CCNc1nc(N2C(=O)OCS2(C)C(C)C)c2cc[nH]c2n1. The number of hydrogen-bond acceptors (Lipinski definition) is 5. The topological polar surface area (TPSA) is 83.1 Å². The number of aromatic nitrogens is 3. The van der Waals surface area contributed by atoms with E-state index in [1.807, 2.05) is 19.2 Å². The van der Waals surface area contributed by atoms with Crippen LogP contribution in [0.15, 0.2) is 12.3 Å². The van der Waals surface area contributed by atoms with Gasteiger partial charge in [0, 0.05) is 18.0 Å². The van der Waals surface area contributed by atoms with Gasteiger partial charge >= 0.3 is 6.09 Å². The first-order valence-corrected chi connectivity index (χ1v) is 9.51. The number of nitrogens with one attached hydrogen (secondary N) is 2. The van der Waals surface area contributed by atoms with Crippen molar-refractivity contribution in [3.05, 3.63) is 12.3 Å². The minimum absolute atomic E-state index is 0.311. The van der Waals surface area contributed by atoms with Crippen LogP contribution in [0.5, 0.6) is 0 Å². The van der Waals surface area contributed by atoms with Gasteiger partial charge in [-0.15, -0.1) is 10.2 Å². The lowest BCUT2D eigenvalue weighted by atomic mass is 10.4. The zero-order valence-corrected chi connectivity index (χ0v) is 14.0. The molecule has 2 N–H and O–H groups in total. The number of nitrogens with zero attached hydrogens (tertiary/aromatic N) is 3. The number of aromatic amines is 1. The van der Waals surface area contributed by atoms with Gasteiger partial charge in [-0.3, -0.25) is 0 Å². The summed E-state index contributed by atoms with van der Waals surface area (Å²) < 4.78 is 7.10. The molecule has 120 valence electrons. The summed E-state index contributed by atoms with van der Waals surface area (Å²) in [7, 11) is -1.43. The van der Waals surface area contributed by atoms with E-state index in [0.717, 1.165) is 5.39 Å². The van der Waals surface area contributed by atoms with Crippen LogP contribution in [-0.2, 0) is 4.74 Å². The molecule has 0 bridgehead atoms. The molecule has 0 radical (unpaired) electrons. The molecule has 7 nitrogen and oxygen atoms in total. The van der Waals surface area contributed by atoms with E-state index in [4.69, 9.17) is 4.74 Å². The molecule has 1 atom stereocenters. The highest BCUT2D eigenvalue weighted by molar-refractivity contribution is 8.35. The zero-order chi connectivity index (χ0) is 15.9. The molecular formula is C14H21N5O2S. The molecule has 1 aliphatic rings. The average Bonchev–Trinajstić information content (AvgIpc) is 3.04. The number of H-pyrrole nitrogens is 1. The normalized spacial score (nSPS) is 24.6. The number of fused-ring (bicyclic) bond motifs is 1. The molecule has 1 amide bonds. The van der Waals surface area contributed by atoms with Crippen molar-refractivity contribution < 1.29 is 9.53 Å². The molecule has 3 rings (SSSR count). The van der Waals surface area contributed by atoms with Crippen molar-refractivity contribution in [3.8, 4) is 0 Å². The molecular weight excluding hydrogens is 302 g/mol. The minimum atomic E-state index is -1.43. The second-order valence-corrected chi connectivity index (χ2v) is 9.38. The van der Waals surface area contributed by atoms with E-state index in [0.29, 0.717) is 35.1 Å². The van der Waals surface area contributed by atoms with Gasteiger partial charge in [-0.1, -0.05) is 13.8 Å². The quantitative estimate of drug-likeness (QED) is 0.903. The molecule has 1 saturated heterocycles. The molecule has 1 unspecified atom stereocenters. The summed E-state index contributed by atoms with van der Waals surface area (Å²) in [5.41, 5.74) is 0.714. The second kappa shape index (κ2) is 5.35. The molecule has 2 aromatic rings. The van der Waals surface area contributed by atoms with Gasteiger partial charge in [0.15, 0.2) is 5.82 Å². The number of rotatable bonds is 4. The summed E-state index contributed by atoms with van der Waals surface area (Å²) in [6.45, 7) is 6.93. The first kappa shape index (κ1) is 15.0. The molecule has 0 spiro atoms. The molecule has 0 aliphatic carbocycles. The fraction of sp³-hybridized carbons (Fsp3) is 0.500. The summed E-state index contributed by atoms with van der Waals surface area (Å²) in [6.07, 6.45) is 3.59. The highest BCUT2D eigenvalue weighted by atomic mass is 32.3. The van der Waals surface area contributed by atoms with Gasteiger partial charge in [-0.2, -0.15) is 9.97 Å². The van der Waals surface area contributed by atoms with Gasteiger partial charge < -0.3 is 15.0 Å². The van der Waals surface area contributed by atoms with Crippen molar-refractivity contribution in [2.24, 2.45) is 0 Å². The number of hydrogen-bond donors (Lipinski definition) is 2. The Hall–Kier alpha value is -1.96. The Kier molecular flexibility index (Phi) is 3.64. The van der Waals surface area contributed by atoms with Crippen molar-refractivity contribution in [1.29, 1.82) is 0 Å². The van der Waals surface area contributed by atoms with Crippen LogP contribution in [0.1, 0.15) is 20.8 Å². The molecule has 1 fully saturated rings. The van der Waals surface area contributed by atoms with Gasteiger partial charge in [0.2, 0.25) is 5.95 Å². The van der Waals surface area contributed by atoms with Crippen LogP contribution >= 0.6 is 10.2 Å². The van der Waals surface area contributed by atoms with Gasteiger partial charge in [0.1, 0.15) is 11.6 Å². The number of ether oxygens (including phenoxy) is 1. The predicted octanol–water partition coefficient (Wildman–Crippen LogP) is 3.06. The van der Waals surface area contributed by atoms with E-state index in [1.165, 1.54) is 0 Å². The van der Waals surface area contributed by atoms with Gasteiger partial charge in [-0.25, -0.2) is 9.10 Å². The lowest BCUT2D eigenvalue weighted by Crippen LogP contribution is -2.31. The Morgan fingerprint density at radius 3 is 2.95 bits per heavy atom. The number of carbonyl (C=O) groups is 1. The maximum absolute atomic E-state index is 12.4. The lowest BCUT2D eigenvalue weighted by molar-refractivity contribution is 0.184. The lowest BCUT2D eigenvalue weighted by Gasteiger charge is -2.40. The number of carbonyl (C=O) groups excluding carboxylic acids is 1. The smallest absolute Gasteiger partial charge is 0.425 e. The monoisotopic (exact) mass is 323 g/mol. The third kappa shape index (κ3) is 2.18. The Bertz CT molecular complexity index is 716. The third-order valence-corrected chi connectivity index (χ3v) is 7.72. The average molecular weight is 323 g/mol. The Balaban J connectivity index is 2.19. The van der Waals surface area contributed by atoms with E-state index >= 15 is 0 Å². The van der Waals surface area contributed by atoms with Crippen molar-refractivity contribution in [3.63, 3.8) is 0 Å². The fourth-order valence-corrected chi connectivity index (χ4v) is 4.47. The summed E-state index contributed by atoms with van der Waals surface area (Å²) >= 11 is 0. The van der Waals surface area contributed by atoms with Crippen molar-refractivity contribution in [2.75, 3.05) is 28.4 Å². The maximum atomic E-state index is 12.4. The van der Waals surface area contributed by atoms with E-state index in [2.05, 4.69) is 40.4 Å². The Morgan fingerprint density at radius 1 is 1.50 bits per heavy atom. The highest BCUT2D eigenvalue weighted by Gasteiger charge is 2.44. The van der Waals surface area contributed by atoms with Gasteiger partial charge in [-0.05, 0) is 19.2 Å². The molecule has 2 aromatic heterocycles. The van der Waals surface area contributed by atoms with Crippen molar-refractivity contribution in [1.82, 2.24) is 15.0 Å².